The summed E-state index contributed by atoms with van der Waals surface area (Å²) in [5.41, 5.74) is 1.73. The zero-order valence-electron chi connectivity index (χ0n) is 13.3. The Balaban J connectivity index is 1.53. The SMILES string of the molecule is COC(CNc1ccc2nnc(C3CC3)n2n1)c1ccccc1Cl. The van der Waals surface area contributed by atoms with Crippen LogP contribution in [0.2, 0.25) is 5.02 Å². The van der Waals surface area contributed by atoms with Crippen molar-refractivity contribution in [1.29, 1.82) is 0 Å². The van der Waals surface area contributed by atoms with E-state index in [0.717, 1.165) is 22.9 Å². The van der Waals surface area contributed by atoms with Crippen molar-refractivity contribution in [3.8, 4) is 0 Å². The molecule has 0 aliphatic heterocycles. The van der Waals surface area contributed by atoms with Crippen LogP contribution in [0.25, 0.3) is 5.65 Å². The first-order valence-corrected chi connectivity index (χ1v) is 8.37. The van der Waals surface area contributed by atoms with Crippen LogP contribution in [0.15, 0.2) is 36.4 Å². The lowest BCUT2D eigenvalue weighted by Crippen LogP contribution is -2.16. The molecule has 1 aliphatic carbocycles. The molecule has 0 radical (unpaired) electrons. The molecule has 0 bridgehead atoms. The van der Waals surface area contributed by atoms with E-state index in [2.05, 4.69) is 20.6 Å². The first kappa shape index (κ1) is 15.4. The van der Waals surface area contributed by atoms with Gasteiger partial charge in [-0.1, -0.05) is 29.8 Å². The molecular weight excluding hydrogens is 326 g/mol. The van der Waals surface area contributed by atoms with Crippen molar-refractivity contribution in [2.24, 2.45) is 0 Å². The number of hydrogen-bond acceptors (Lipinski definition) is 5. The number of nitrogens with zero attached hydrogens (tertiary/aromatic N) is 4. The summed E-state index contributed by atoms with van der Waals surface area (Å²) in [4.78, 5) is 0. The summed E-state index contributed by atoms with van der Waals surface area (Å²) in [7, 11) is 1.68. The standard InChI is InChI=1S/C17H18ClN5O/c1-24-14(12-4-2-3-5-13(12)18)10-19-15-8-9-16-20-21-17(11-6-7-11)23(16)22-15/h2-5,8-9,11,14H,6-7,10H2,1H3,(H,19,22). The Kier molecular flexibility index (Phi) is 4.08. The largest absolute Gasteiger partial charge is 0.375 e. The molecule has 1 aromatic carbocycles. The minimum atomic E-state index is -0.153. The van der Waals surface area contributed by atoms with Gasteiger partial charge in [-0.3, -0.25) is 0 Å². The molecular formula is C17H18ClN5O. The Morgan fingerprint density at radius 2 is 2.08 bits per heavy atom. The van der Waals surface area contributed by atoms with Crippen molar-refractivity contribution >= 4 is 23.1 Å². The van der Waals surface area contributed by atoms with Crippen molar-refractivity contribution in [2.45, 2.75) is 24.9 Å². The zero-order valence-corrected chi connectivity index (χ0v) is 14.1. The van der Waals surface area contributed by atoms with Crippen LogP contribution in [-0.4, -0.2) is 33.5 Å². The second kappa shape index (κ2) is 6.37. The van der Waals surface area contributed by atoms with E-state index in [0.29, 0.717) is 17.5 Å². The third kappa shape index (κ3) is 2.95. The van der Waals surface area contributed by atoms with Crippen molar-refractivity contribution in [3.05, 3.63) is 52.8 Å². The number of aromatic nitrogens is 4. The monoisotopic (exact) mass is 343 g/mol. The molecule has 2 aromatic heterocycles. The summed E-state index contributed by atoms with van der Waals surface area (Å²) < 4.78 is 7.41. The minimum absolute atomic E-state index is 0.153. The minimum Gasteiger partial charge on any atom is -0.375 e. The van der Waals surface area contributed by atoms with Gasteiger partial charge in [0, 0.05) is 30.2 Å². The summed E-state index contributed by atoms with van der Waals surface area (Å²) >= 11 is 6.26. The van der Waals surface area contributed by atoms with Crippen molar-refractivity contribution in [2.75, 3.05) is 19.0 Å². The highest BCUT2D eigenvalue weighted by Crippen LogP contribution is 2.38. The van der Waals surface area contributed by atoms with Crippen LogP contribution in [0, 0.1) is 0 Å². The van der Waals surface area contributed by atoms with Crippen LogP contribution >= 0.6 is 11.6 Å². The number of fused-ring (bicyclic) bond motifs is 1. The number of methoxy groups -OCH3 is 1. The first-order chi connectivity index (χ1) is 11.8. The summed E-state index contributed by atoms with van der Waals surface area (Å²) in [5.74, 6) is 2.21. The highest BCUT2D eigenvalue weighted by Gasteiger charge is 2.29. The number of halogens is 1. The van der Waals surface area contributed by atoms with Gasteiger partial charge < -0.3 is 10.1 Å². The third-order valence-corrected chi connectivity index (χ3v) is 4.58. The average molecular weight is 344 g/mol. The number of hydrogen-bond donors (Lipinski definition) is 1. The van der Waals surface area contributed by atoms with Crippen LogP contribution in [0.3, 0.4) is 0 Å². The normalized spacial score (nSPS) is 15.6. The Labute approximate surface area is 144 Å². The van der Waals surface area contributed by atoms with E-state index in [1.54, 1.807) is 7.11 Å². The fraction of sp³-hybridized carbons (Fsp3) is 0.353. The molecule has 6 nitrogen and oxygen atoms in total. The van der Waals surface area contributed by atoms with Crippen LogP contribution in [0.1, 0.15) is 36.3 Å². The second-order valence-corrected chi connectivity index (χ2v) is 6.36. The fourth-order valence-electron chi connectivity index (χ4n) is 2.75. The Bertz CT molecular complexity index is 861. The van der Waals surface area contributed by atoms with E-state index in [1.807, 2.05) is 40.9 Å². The predicted octanol–water partition coefficient (Wildman–Crippen LogP) is 3.45. The molecule has 4 rings (SSSR count). The summed E-state index contributed by atoms with van der Waals surface area (Å²) in [6.07, 6.45) is 2.18. The van der Waals surface area contributed by atoms with E-state index < -0.39 is 0 Å². The maximum Gasteiger partial charge on any atom is 0.178 e. The van der Waals surface area contributed by atoms with Gasteiger partial charge in [0.2, 0.25) is 0 Å². The lowest BCUT2D eigenvalue weighted by atomic mass is 10.1. The van der Waals surface area contributed by atoms with Gasteiger partial charge >= 0.3 is 0 Å². The molecule has 3 aromatic rings. The number of benzene rings is 1. The molecule has 1 aliphatic rings. The van der Waals surface area contributed by atoms with Crippen LogP contribution in [0.4, 0.5) is 5.82 Å². The molecule has 0 spiro atoms. The molecule has 1 N–H and O–H groups in total. The summed E-state index contributed by atoms with van der Waals surface area (Å²) in [6, 6.07) is 11.5. The lowest BCUT2D eigenvalue weighted by Gasteiger charge is -2.18. The molecule has 124 valence electrons. The van der Waals surface area contributed by atoms with E-state index in [-0.39, 0.29) is 6.10 Å². The van der Waals surface area contributed by atoms with Gasteiger partial charge in [0.25, 0.3) is 0 Å². The Morgan fingerprint density at radius 3 is 2.83 bits per heavy atom. The molecule has 24 heavy (non-hydrogen) atoms. The summed E-state index contributed by atoms with van der Waals surface area (Å²) in [5, 5.41) is 17.0. The number of anilines is 1. The Morgan fingerprint density at radius 1 is 1.25 bits per heavy atom. The highest BCUT2D eigenvalue weighted by atomic mass is 35.5. The average Bonchev–Trinajstić information content (AvgIpc) is 3.36. The van der Waals surface area contributed by atoms with Gasteiger partial charge in [-0.2, -0.15) is 4.52 Å². The van der Waals surface area contributed by atoms with Crippen LogP contribution in [0.5, 0.6) is 0 Å². The van der Waals surface area contributed by atoms with Crippen molar-refractivity contribution < 1.29 is 4.74 Å². The lowest BCUT2D eigenvalue weighted by molar-refractivity contribution is 0.114. The van der Waals surface area contributed by atoms with E-state index in [4.69, 9.17) is 16.3 Å². The number of ether oxygens (including phenoxy) is 1. The maximum absolute atomic E-state index is 6.26. The van der Waals surface area contributed by atoms with Gasteiger partial charge in [0.05, 0.1) is 0 Å². The van der Waals surface area contributed by atoms with E-state index in [9.17, 15) is 0 Å². The Hall–Kier alpha value is -2.18. The molecule has 2 heterocycles. The number of nitrogens with one attached hydrogen (secondary N) is 1. The molecule has 1 fully saturated rings. The molecule has 1 atom stereocenters. The van der Waals surface area contributed by atoms with Gasteiger partial charge in [-0.15, -0.1) is 15.3 Å². The fourth-order valence-corrected chi connectivity index (χ4v) is 3.01. The first-order valence-electron chi connectivity index (χ1n) is 7.99. The van der Waals surface area contributed by atoms with Gasteiger partial charge in [-0.05, 0) is 31.0 Å². The quantitative estimate of drug-likeness (QED) is 0.742. The van der Waals surface area contributed by atoms with Crippen LogP contribution < -0.4 is 5.32 Å². The van der Waals surface area contributed by atoms with E-state index in [1.165, 1.54) is 12.8 Å². The molecule has 0 amide bonds. The van der Waals surface area contributed by atoms with Crippen molar-refractivity contribution in [1.82, 2.24) is 19.8 Å². The van der Waals surface area contributed by atoms with E-state index >= 15 is 0 Å². The smallest absolute Gasteiger partial charge is 0.178 e. The number of rotatable bonds is 6. The molecule has 1 unspecified atom stereocenters. The zero-order chi connectivity index (χ0) is 16.5. The molecule has 1 saturated carbocycles. The second-order valence-electron chi connectivity index (χ2n) is 5.95. The maximum atomic E-state index is 6.26. The van der Waals surface area contributed by atoms with Gasteiger partial charge in [0.1, 0.15) is 11.9 Å². The van der Waals surface area contributed by atoms with Crippen LogP contribution in [-0.2, 0) is 4.74 Å². The molecule has 0 saturated heterocycles. The molecule has 7 heteroatoms. The topological polar surface area (TPSA) is 64.3 Å². The highest BCUT2D eigenvalue weighted by molar-refractivity contribution is 6.31. The van der Waals surface area contributed by atoms with Gasteiger partial charge in [0.15, 0.2) is 11.5 Å². The predicted molar refractivity (Wildman–Crippen MR) is 92.4 cm³/mol. The van der Waals surface area contributed by atoms with Gasteiger partial charge in [-0.25, -0.2) is 0 Å². The van der Waals surface area contributed by atoms with Crippen molar-refractivity contribution in [3.63, 3.8) is 0 Å². The third-order valence-electron chi connectivity index (χ3n) is 4.23. The summed E-state index contributed by atoms with van der Waals surface area (Å²) in [6.45, 7) is 0.569.